The van der Waals surface area contributed by atoms with Crippen LogP contribution in [0.2, 0.25) is 0 Å². The van der Waals surface area contributed by atoms with Gasteiger partial charge in [0.2, 0.25) is 17.3 Å². The summed E-state index contributed by atoms with van der Waals surface area (Å²) in [6.07, 6.45) is 2.19. The fraction of sp³-hybridized carbons (Fsp3) is 0.444. The summed E-state index contributed by atoms with van der Waals surface area (Å²) < 4.78 is 14.7. The molecule has 0 fully saturated rings. The molecule has 0 bridgehead atoms. The number of rotatable bonds is 6. The fourth-order valence-electron chi connectivity index (χ4n) is 2.05. The van der Waals surface area contributed by atoms with Crippen molar-refractivity contribution < 1.29 is 64.0 Å². The molecule has 3 heterocycles. The number of aryl methyl sites for hydroxylation is 3. The number of hydrogen-bond acceptors (Lipinski definition) is 6. The Morgan fingerprint density at radius 1 is 0.514 bits per heavy atom. The first-order chi connectivity index (χ1) is 17.2. The van der Waals surface area contributed by atoms with Crippen LogP contribution in [0, 0.1) is 0 Å². The Morgan fingerprint density at radius 3 is 0.784 bits per heavy atom. The molecule has 0 aromatic carbocycles. The quantitative estimate of drug-likeness (QED) is 0.236. The monoisotopic (exact) mass is 694 g/mol. The van der Waals surface area contributed by atoms with Gasteiger partial charge in [0, 0.05) is 40.3 Å². The molecule has 0 aliphatic rings. The van der Waals surface area contributed by atoms with Crippen molar-refractivity contribution in [3.8, 4) is 0 Å². The van der Waals surface area contributed by atoms with Crippen molar-refractivity contribution in [1.29, 1.82) is 0 Å². The molecule has 10 heteroatoms. The van der Waals surface area contributed by atoms with Crippen LogP contribution in [0.3, 0.4) is 0 Å². The molecule has 9 nitrogen and oxygen atoms in total. The maximum Gasteiger partial charge on any atom is 0.371 e. The van der Waals surface area contributed by atoms with Crippen LogP contribution in [0.25, 0.3) is 0 Å². The van der Waals surface area contributed by atoms with E-state index in [1.54, 1.807) is 18.2 Å². The Morgan fingerprint density at radius 2 is 0.703 bits per heavy atom. The predicted octanol–water partition coefficient (Wildman–Crippen LogP) is 7.70. The van der Waals surface area contributed by atoms with Gasteiger partial charge in [-0.25, -0.2) is 14.4 Å². The van der Waals surface area contributed by atoms with Gasteiger partial charge in [-0.1, -0.05) is 62.3 Å². The second-order valence-corrected chi connectivity index (χ2v) is 5.77. The number of carboxylic acids is 3. The minimum atomic E-state index is -1.01. The Hall–Kier alpha value is -3.06. The first kappa shape index (κ1) is 41.1. The molecular formula is C27H42O9W. The number of aromatic carboxylic acids is 3. The third-order valence-corrected chi connectivity index (χ3v) is 3.66. The maximum absolute atomic E-state index is 10.2. The van der Waals surface area contributed by atoms with Crippen LogP contribution in [-0.2, 0) is 40.3 Å². The van der Waals surface area contributed by atoms with Crippen LogP contribution < -0.4 is 0 Å². The van der Waals surface area contributed by atoms with Crippen LogP contribution >= 0.6 is 0 Å². The van der Waals surface area contributed by atoms with Gasteiger partial charge in [0.15, 0.2) is 0 Å². The normalized spacial score (nSPS) is 8.35. The molecule has 3 aromatic heterocycles. The van der Waals surface area contributed by atoms with Gasteiger partial charge in [0.25, 0.3) is 0 Å². The zero-order valence-electron chi connectivity index (χ0n) is 23.3. The van der Waals surface area contributed by atoms with Gasteiger partial charge >= 0.3 is 17.9 Å². The van der Waals surface area contributed by atoms with Crippen molar-refractivity contribution in [2.45, 2.75) is 81.6 Å². The van der Waals surface area contributed by atoms with E-state index in [1.165, 1.54) is 18.2 Å². The third kappa shape index (κ3) is 17.9. The summed E-state index contributed by atoms with van der Waals surface area (Å²) in [6, 6.07) is 9.39. The Kier molecular flexibility index (Phi) is 28.9. The first-order valence-electron chi connectivity index (χ1n) is 12.2. The van der Waals surface area contributed by atoms with Crippen LogP contribution in [0.4, 0.5) is 0 Å². The summed E-state index contributed by atoms with van der Waals surface area (Å²) in [5, 5.41) is 25.2. The summed E-state index contributed by atoms with van der Waals surface area (Å²) in [5.74, 6) is -0.892. The molecule has 0 aliphatic heterocycles. The number of carboxylic acid groups (broad SMARTS) is 3. The Bertz CT molecular complexity index is 844. The summed E-state index contributed by atoms with van der Waals surface area (Å²) in [4.78, 5) is 30.7. The van der Waals surface area contributed by atoms with E-state index < -0.39 is 17.9 Å². The molecule has 3 rings (SSSR count). The zero-order valence-corrected chi connectivity index (χ0v) is 26.2. The summed E-state index contributed by atoms with van der Waals surface area (Å²) in [7, 11) is 0. The SMILES string of the molecule is CC.CC.CC.CCc1ccc(C(=O)O)o1.CCc1ccc(C(=O)O)o1.CCc1ccc(C(=O)O)o1.[W]. The van der Waals surface area contributed by atoms with Gasteiger partial charge in [0.05, 0.1) is 0 Å². The summed E-state index contributed by atoms with van der Waals surface area (Å²) in [5.41, 5.74) is 0. The first-order valence-corrected chi connectivity index (χ1v) is 12.2. The van der Waals surface area contributed by atoms with Crippen molar-refractivity contribution in [1.82, 2.24) is 0 Å². The average Bonchev–Trinajstić information content (AvgIpc) is 3.68. The molecule has 0 amide bonds. The second kappa shape index (κ2) is 26.0. The summed E-state index contributed by atoms with van der Waals surface area (Å²) in [6.45, 7) is 17.7. The van der Waals surface area contributed by atoms with Gasteiger partial charge < -0.3 is 28.6 Å². The molecule has 210 valence electrons. The maximum atomic E-state index is 10.2. The molecule has 0 saturated carbocycles. The third-order valence-electron chi connectivity index (χ3n) is 3.66. The van der Waals surface area contributed by atoms with Crippen molar-refractivity contribution in [3.05, 3.63) is 71.0 Å². The van der Waals surface area contributed by atoms with Gasteiger partial charge in [-0.05, 0) is 36.4 Å². The summed E-state index contributed by atoms with van der Waals surface area (Å²) >= 11 is 0. The zero-order chi connectivity index (χ0) is 28.7. The Labute approximate surface area is 234 Å². The number of furan rings is 3. The van der Waals surface area contributed by atoms with Crippen LogP contribution in [-0.4, -0.2) is 33.2 Å². The second-order valence-electron chi connectivity index (χ2n) is 5.77. The number of hydrogen-bond donors (Lipinski definition) is 3. The van der Waals surface area contributed by atoms with Crippen molar-refractivity contribution in [2.24, 2.45) is 0 Å². The van der Waals surface area contributed by atoms with Crippen LogP contribution in [0.15, 0.2) is 49.6 Å². The van der Waals surface area contributed by atoms with Gasteiger partial charge in [-0.2, -0.15) is 0 Å². The average molecular weight is 694 g/mol. The molecule has 3 N–H and O–H groups in total. The molecule has 0 aliphatic carbocycles. The van der Waals surface area contributed by atoms with Gasteiger partial charge in [-0.3, -0.25) is 0 Å². The Balaban J connectivity index is -0.000000197. The van der Waals surface area contributed by atoms with E-state index in [0.717, 1.165) is 19.3 Å². The fourth-order valence-corrected chi connectivity index (χ4v) is 2.05. The largest absolute Gasteiger partial charge is 0.475 e. The van der Waals surface area contributed by atoms with Gasteiger partial charge in [-0.15, -0.1) is 0 Å². The molecule has 0 radical (unpaired) electrons. The molecule has 37 heavy (non-hydrogen) atoms. The van der Waals surface area contributed by atoms with E-state index in [-0.39, 0.29) is 38.3 Å². The van der Waals surface area contributed by atoms with Gasteiger partial charge in [0.1, 0.15) is 17.3 Å². The van der Waals surface area contributed by atoms with E-state index in [0.29, 0.717) is 17.3 Å². The van der Waals surface area contributed by atoms with Crippen molar-refractivity contribution in [2.75, 3.05) is 0 Å². The van der Waals surface area contributed by atoms with E-state index >= 15 is 0 Å². The standard InChI is InChI=1S/3C7H8O3.3C2H6.W/c3*1-2-5-3-4-6(10-5)7(8)9;3*1-2;/h3*3-4H,2H2,1H3,(H,8,9);3*1-2H3;. The van der Waals surface area contributed by atoms with E-state index in [1.807, 2.05) is 62.3 Å². The molecule has 0 atom stereocenters. The molecule has 0 saturated heterocycles. The minimum absolute atomic E-state index is 0. The van der Waals surface area contributed by atoms with Crippen molar-refractivity contribution >= 4 is 17.9 Å². The van der Waals surface area contributed by atoms with Crippen molar-refractivity contribution in [3.63, 3.8) is 0 Å². The minimum Gasteiger partial charge on any atom is -0.475 e. The van der Waals surface area contributed by atoms with E-state index in [4.69, 9.17) is 28.6 Å². The molecule has 3 aromatic rings. The molecule has 0 unspecified atom stereocenters. The van der Waals surface area contributed by atoms with E-state index in [2.05, 4.69) is 0 Å². The predicted molar refractivity (Wildman–Crippen MR) is 139 cm³/mol. The number of carbonyl (C=O) groups is 3. The van der Waals surface area contributed by atoms with Crippen LogP contribution in [0.5, 0.6) is 0 Å². The van der Waals surface area contributed by atoms with E-state index in [9.17, 15) is 14.4 Å². The molecular weight excluding hydrogens is 652 g/mol. The van der Waals surface area contributed by atoms with Crippen LogP contribution in [0.1, 0.15) is 111 Å². The smallest absolute Gasteiger partial charge is 0.371 e. The molecule has 0 spiro atoms. The topological polar surface area (TPSA) is 151 Å².